The van der Waals surface area contributed by atoms with Crippen molar-refractivity contribution >= 4 is 21.4 Å². The van der Waals surface area contributed by atoms with E-state index in [1.165, 1.54) is 0 Å². The van der Waals surface area contributed by atoms with Crippen LogP contribution in [0.2, 0.25) is 0 Å². The lowest BCUT2D eigenvalue weighted by Gasteiger charge is -1.99. The molecule has 0 amide bonds. The van der Waals surface area contributed by atoms with E-state index in [4.69, 9.17) is 0 Å². The summed E-state index contributed by atoms with van der Waals surface area (Å²) in [5.74, 6) is 0. The fourth-order valence-electron chi connectivity index (χ4n) is 1.51. The number of sulfonamides is 1. The van der Waals surface area contributed by atoms with Gasteiger partial charge in [0.05, 0.1) is 17.0 Å². The van der Waals surface area contributed by atoms with Gasteiger partial charge in [0.2, 0.25) is 10.0 Å². The number of nitrogens with one attached hydrogen (secondary N) is 1. The molecule has 4 nitrogen and oxygen atoms in total. The third-order valence-electron chi connectivity index (χ3n) is 2.32. The molecule has 96 valence electrons. The van der Waals surface area contributed by atoms with Gasteiger partial charge < -0.3 is 0 Å². The SMILES string of the molecule is CS(=O)(=O)NCCc1nc(-c2ccccc2)cs1. The van der Waals surface area contributed by atoms with E-state index in [0.717, 1.165) is 22.5 Å². The van der Waals surface area contributed by atoms with Gasteiger partial charge >= 0.3 is 0 Å². The van der Waals surface area contributed by atoms with Gasteiger partial charge in [-0.25, -0.2) is 18.1 Å². The van der Waals surface area contributed by atoms with Crippen LogP contribution in [0.15, 0.2) is 35.7 Å². The molecule has 6 heteroatoms. The average Bonchev–Trinajstić information content (AvgIpc) is 2.77. The van der Waals surface area contributed by atoms with Crippen LogP contribution in [-0.2, 0) is 16.4 Å². The van der Waals surface area contributed by atoms with E-state index in [1.807, 2.05) is 35.7 Å². The van der Waals surface area contributed by atoms with Crippen LogP contribution in [0, 0.1) is 0 Å². The van der Waals surface area contributed by atoms with Crippen molar-refractivity contribution in [2.45, 2.75) is 6.42 Å². The average molecular weight is 282 g/mol. The van der Waals surface area contributed by atoms with Crippen LogP contribution in [0.25, 0.3) is 11.3 Å². The Kier molecular flexibility index (Phi) is 4.11. The highest BCUT2D eigenvalue weighted by atomic mass is 32.2. The number of rotatable bonds is 5. The van der Waals surface area contributed by atoms with Crippen molar-refractivity contribution in [1.29, 1.82) is 0 Å². The molecule has 1 heterocycles. The summed E-state index contributed by atoms with van der Waals surface area (Å²) in [5.41, 5.74) is 2.02. The van der Waals surface area contributed by atoms with Crippen molar-refractivity contribution in [1.82, 2.24) is 9.71 Å². The zero-order valence-electron chi connectivity index (χ0n) is 9.96. The van der Waals surface area contributed by atoms with Gasteiger partial charge in [-0.15, -0.1) is 11.3 Å². The van der Waals surface area contributed by atoms with Crippen LogP contribution < -0.4 is 4.72 Å². The lowest BCUT2D eigenvalue weighted by molar-refractivity contribution is 0.588. The van der Waals surface area contributed by atoms with Crippen LogP contribution in [0.5, 0.6) is 0 Å². The highest BCUT2D eigenvalue weighted by Crippen LogP contribution is 2.21. The number of nitrogens with zero attached hydrogens (tertiary/aromatic N) is 1. The standard InChI is InChI=1S/C12H14N2O2S2/c1-18(15,16)13-8-7-12-14-11(9-17-12)10-5-3-2-4-6-10/h2-6,9,13H,7-8H2,1H3. The van der Waals surface area contributed by atoms with Crippen molar-refractivity contribution in [3.05, 3.63) is 40.7 Å². The predicted molar refractivity (Wildman–Crippen MR) is 74.1 cm³/mol. The van der Waals surface area contributed by atoms with Crippen LogP contribution in [0.4, 0.5) is 0 Å². The second-order valence-corrected chi connectivity index (χ2v) is 6.68. The molecule has 2 rings (SSSR count). The first-order valence-corrected chi connectivity index (χ1v) is 8.26. The molecule has 0 aliphatic rings. The molecule has 0 aliphatic heterocycles. The van der Waals surface area contributed by atoms with Crippen molar-refractivity contribution < 1.29 is 8.42 Å². The van der Waals surface area contributed by atoms with Gasteiger partial charge in [-0.05, 0) is 0 Å². The maximum absolute atomic E-state index is 10.9. The predicted octanol–water partition coefficient (Wildman–Crippen LogP) is 1.90. The molecule has 0 fully saturated rings. The van der Waals surface area contributed by atoms with E-state index in [0.29, 0.717) is 13.0 Å². The van der Waals surface area contributed by atoms with Crippen molar-refractivity contribution in [2.75, 3.05) is 12.8 Å². The molecular formula is C12H14N2O2S2. The normalized spacial score (nSPS) is 11.6. The topological polar surface area (TPSA) is 59.1 Å². The molecule has 0 saturated heterocycles. The summed E-state index contributed by atoms with van der Waals surface area (Å²) in [6.45, 7) is 0.389. The zero-order valence-corrected chi connectivity index (χ0v) is 11.6. The summed E-state index contributed by atoms with van der Waals surface area (Å²) >= 11 is 1.55. The summed E-state index contributed by atoms with van der Waals surface area (Å²) in [5, 5.41) is 2.93. The Morgan fingerprint density at radius 1 is 1.28 bits per heavy atom. The molecule has 0 atom stereocenters. The van der Waals surface area contributed by atoms with E-state index >= 15 is 0 Å². The summed E-state index contributed by atoms with van der Waals surface area (Å²) in [7, 11) is -3.11. The number of aromatic nitrogens is 1. The molecule has 1 aromatic carbocycles. The lowest BCUT2D eigenvalue weighted by Crippen LogP contribution is -2.24. The molecule has 1 N–H and O–H groups in total. The van der Waals surface area contributed by atoms with E-state index in [2.05, 4.69) is 9.71 Å². The smallest absolute Gasteiger partial charge is 0.208 e. The Morgan fingerprint density at radius 3 is 2.67 bits per heavy atom. The van der Waals surface area contributed by atoms with Crippen molar-refractivity contribution in [3.63, 3.8) is 0 Å². The first kappa shape index (κ1) is 13.2. The van der Waals surface area contributed by atoms with Gasteiger partial charge in [0.25, 0.3) is 0 Å². The van der Waals surface area contributed by atoms with Gasteiger partial charge in [-0.1, -0.05) is 30.3 Å². The maximum atomic E-state index is 10.9. The van der Waals surface area contributed by atoms with Crippen molar-refractivity contribution in [2.24, 2.45) is 0 Å². The van der Waals surface area contributed by atoms with Gasteiger partial charge in [0.15, 0.2) is 0 Å². The van der Waals surface area contributed by atoms with Gasteiger partial charge in [0, 0.05) is 23.9 Å². The lowest BCUT2D eigenvalue weighted by atomic mass is 10.2. The van der Waals surface area contributed by atoms with Crippen LogP contribution >= 0.6 is 11.3 Å². The highest BCUT2D eigenvalue weighted by Gasteiger charge is 2.05. The summed E-state index contributed by atoms with van der Waals surface area (Å²) in [4.78, 5) is 4.48. The molecule has 0 unspecified atom stereocenters. The number of thiazole rings is 1. The summed E-state index contributed by atoms with van der Waals surface area (Å²) < 4.78 is 24.3. The molecule has 0 saturated carbocycles. The van der Waals surface area contributed by atoms with Crippen LogP contribution in [-0.4, -0.2) is 26.2 Å². The van der Waals surface area contributed by atoms with E-state index in [-0.39, 0.29) is 0 Å². The number of hydrogen-bond acceptors (Lipinski definition) is 4. The Balaban J connectivity index is 1.99. The van der Waals surface area contributed by atoms with E-state index in [1.54, 1.807) is 11.3 Å². The molecular weight excluding hydrogens is 268 g/mol. The number of hydrogen-bond donors (Lipinski definition) is 1. The molecule has 0 bridgehead atoms. The minimum Gasteiger partial charge on any atom is -0.241 e. The molecule has 18 heavy (non-hydrogen) atoms. The minimum atomic E-state index is -3.11. The highest BCUT2D eigenvalue weighted by molar-refractivity contribution is 7.88. The molecule has 0 spiro atoms. The summed E-state index contributed by atoms with van der Waals surface area (Å²) in [6, 6.07) is 9.92. The number of benzene rings is 1. The molecule has 1 aromatic heterocycles. The Labute approximate surface area is 111 Å². The Morgan fingerprint density at radius 2 is 2.00 bits per heavy atom. The first-order chi connectivity index (χ1) is 8.54. The van der Waals surface area contributed by atoms with Crippen LogP contribution in [0.1, 0.15) is 5.01 Å². The van der Waals surface area contributed by atoms with Gasteiger partial charge in [-0.3, -0.25) is 0 Å². The quantitative estimate of drug-likeness (QED) is 0.911. The second kappa shape index (κ2) is 5.60. The van der Waals surface area contributed by atoms with Gasteiger partial charge in [0.1, 0.15) is 0 Å². The summed E-state index contributed by atoms with van der Waals surface area (Å²) in [6.07, 6.45) is 1.77. The van der Waals surface area contributed by atoms with Gasteiger partial charge in [-0.2, -0.15) is 0 Å². The fourth-order valence-corrected chi connectivity index (χ4v) is 2.79. The fraction of sp³-hybridized carbons (Fsp3) is 0.250. The molecule has 2 aromatic rings. The first-order valence-electron chi connectivity index (χ1n) is 5.49. The molecule has 0 radical (unpaired) electrons. The minimum absolute atomic E-state index is 0.389. The Hall–Kier alpha value is -1.24. The molecule has 0 aliphatic carbocycles. The maximum Gasteiger partial charge on any atom is 0.208 e. The Bertz CT molecular complexity index is 606. The van der Waals surface area contributed by atoms with Crippen LogP contribution in [0.3, 0.4) is 0 Å². The third kappa shape index (κ3) is 3.90. The largest absolute Gasteiger partial charge is 0.241 e. The second-order valence-electron chi connectivity index (χ2n) is 3.91. The monoisotopic (exact) mass is 282 g/mol. The van der Waals surface area contributed by atoms with Crippen molar-refractivity contribution in [3.8, 4) is 11.3 Å². The van der Waals surface area contributed by atoms with E-state index < -0.39 is 10.0 Å². The third-order valence-corrected chi connectivity index (χ3v) is 3.96. The van der Waals surface area contributed by atoms with E-state index in [9.17, 15) is 8.42 Å². The zero-order chi connectivity index (χ0) is 13.0.